The van der Waals surface area contributed by atoms with Crippen LogP contribution in [-0.2, 0) is 26.0 Å². The van der Waals surface area contributed by atoms with Gasteiger partial charge >= 0.3 is 5.97 Å². The van der Waals surface area contributed by atoms with E-state index in [0.29, 0.717) is 5.56 Å². The van der Waals surface area contributed by atoms with E-state index in [2.05, 4.69) is 11.9 Å². The van der Waals surface area contributed by atoms with Crippen LogP contribution in [0.4, 0.5) is 0 Å². The van der Waals surface area contributed by atoms with E-state index in [1.165, 1.54) is 31.8 Å². The van der Waals surface area contributed by atoms with E-state index in [1.54, 1.807) is 18.2 Å². The third-order valence-electron chi connectivity index (χ3n) is 4.17. The van der Waals surface area contributed by atoms with Crippen molar-refractivity contribution in [3.63, 3.8) is 0 Å². The molecule has 0 N–H and O–H groups in total. The number of carbonyl (C=O) groups is 1. The van der Waals surface area contributed by atoms with Crippen LogP contribution in [0.25, 0.3) is 6.08 Å². The van der Waals surface area contributed by atoms with Crippen LogP contribution in [0.2, 0.25) is 0 Å². The fourth-order valence-electron chi connectivity index (χ4n) is 2.54. The van der Waals surface area contributed by atoms with Gasteiger partial charge < -0.3 is 4.74 Å². The Balaban J connectivity index is 1.93. The number of nitrogens with zero attached hydrogens (tertiary/aromatic N) is 2. The van der Waals surface area contributed by atoms with Crippen LogP contribution >= 0.6 is 0 Å². The standard InChI is InChI=1S/C20H20N2O4S/c1-4-14-8-10-15(11-9-14)12-18-20(23)26-19(21-18)16-6-5-7-17(13-16)27(24,25)22(2)3/h5-13H,4H2,1-3H3/b18-12+. The number of hydrogen-bond acceptors (Lipinski definition) is 5. The Morgan fingerprint density at radius 3 is 2.44 bits per heavy atom. The highest BCUT2D eigenvalue weighted by atomic mass is 32.2. The van der Waals surface area contributed by atoms with Crippen LogP contribution < -0.4 is 0 Å². The van der Waals surface area contributed by atoms with Crippen LogP contribution in [0.3, 0.4) is 0 Å². The second-order valence-corrected chi connectivity index (χ2v) is 8.40. The zero-order valence-corrected chi connectivity index (χ0v) is 16.2. The molecular formula is C20H20N2O4S. The number of esters is 1. The van der Waals surface area contributed by atoms with Crippen LogP contribution in [0.15, 0.2) is 64.1 Å². The quantitative estimate of drug-likeness (QED) is 0.587. The third-order valence-corrected chi connectivity index (χ3v) is 5.98. The molecule has 27 heavy (non-hydrogen) atoms. The third kappa shape index (κ3) is 3.99. The lowest BCUT2D eigenvalue weighted by molar-refractivity contribution is -0.129. The molecule has 0 amide bonds. The largest absolute Gasteiger partial charge is 0.402 e. The van der Waals surface area contributed by atoms with Gasteiger partial charge in [-0.15, -0.1) is 0 Å². The van der Waals surface area contributed by atoms with E-state index in [9.17, 15) is 13.2 Å². The van der Waals surface area contributed by atoms with E-state index in [0.717, 1.165) is 16.3 Å². The topological polar surface area (TPSA) is 76.0 Å². The highest BCUT2D eigenvalue weighted by molar-refractivity contribution is 7.89. The maximum Gasteiger partial charge on any atom is 0.363 e. The number of benzene rings is 2. The van der Waals surface area contributed by atoms with Gasteiger partial charge in [0.05, 0.1) is 4.90 Å². The van der Waals surface area contributed by atoms with Crippen LogP contribution in [0.1, 0.15) is 23.6 Å². The first-order chi connectivity index (χ1) is 12.8. The smallest absolute Gasteiger partial charge is 0.363 e. The summed E-state index contributed by atoms with van der Waals surface area (Å²) in [6, 6.07) is 14.0. The molecule has 2 aromatic carbocycles. The summed E-state index contributed by atoms with van der Waals surface area (Å²) in [5, 5.41) is 0. The van der Waals surface area contributed by atoms with Gasteiger partial charge in [-0.05, 0) is 41.8 Å². The van der Waals surface area contributed by atoms with Crippen molar-refractivity contribution in [2.24, 2.45) is 4.99 Å². The molecular weight excluding hydrogens is 364 g/mol. The summed E-state index contributed by atoms with van der Waals surface area (Å²) in [5.41, 5.74) is 2.65. The Labute approximate surface area is 158 Å². The first-order valence-electron chi connectivity index (χ1n) is 8.45. The Hall–Kier alpha value is -2.77. The first kappa shape index (κ1) is 19.0. The van der Waals surface area contributed by atoms with E-state index in [-0.39, 0.29) is 16.5 Å². The molecule has 0 bridgehead atoms. The minimum atomic E-state index is -3.59. The minimum Gasteiger partial charge on any atom is -0.402 e. The molecule has 2 aromatic rings. The SMILES string of the molecule is CCc1ccc(/C=C2/N=C(c3cccc(S(=O)(=O)N(C)C)c3)OC2=O)cc1. The van der Waals surface area contributed by atoms with Crippen LogP contribution in [-0.4, -0.2) is 38.7 Å². The number of cyclic esters (lactones) is 1. The molecule has 0 atom stereocenters. The van der Waals surface area contributed by atoms with Crippen molar-refractivity contribution >= 4 is 28.0 Å². The first-order valence-corrected chi connectivity index (χ1v) is 9.89. The van der Waals surface area contributed by atoms with Gasteiger partial charge in [0.2, 0.25) is 15.9 Å². The second kappa shape index (κ2) is 7.46. The van der Waals surface area contributed by atoms with Crippen molar-refractivity contribution < 1.29 is 17.9 Å². The summed E-state index contributed by atoms with van der Waals surface area (Å²) in [6.45, 7) is 2.07. The molecule has 0 saturated carbocycles. The van der Waals surface area contributed by atoms with Gasteiger partial charge in [0.25, 0.3) is 0 Å². The molecule has 1 aliphatic heterocycles. The van der Waals surface area contributed by atoms with Gasteiger partial charge in [-0.3, -0.25) is 0 Å². The van der Waals surface area contributed by atoms with E-state index in [4.69, 9.17) is 4.74 Å². The number of sulfonamides is 1. The highest BCUT2D eigenvalue weighted by Crippen LogP contribution is 2.22. The zero-order chi connectivity index (χ0) is 19.6. The fraction of sp³-hybridized carbons (Fsp3) is 0.200. The Morgan fingerprint density at radius 1 is 1.11 bits per heavy atom. The Bertz CT molecular complexity index is 1040. The van der Waals surface area contributed by atoms with Gasteiger partial charge in [0.1, 0.15) is 0 Å². The number of aryl methyl sites for hydroxylation is 1. The second-order valence-electron chi connectivity index (χ2n) is 6.25. The van der Waals surface area contributed by atoms with Crippen molar-refractivity contribution in [2.45, 2.75) is 18.2 Å². The Kier molecular flexibility index (Phi) is 5.25. The van der Waals surface area contributed by atoms with Gasteiger partial charge in [0.15, 0.2) is 5.70 Å². The molecule has 0 aliphatic carbocycles. The minimum absolute atomic E-state index is 0.0900. The van der Waals surface area contributed by atoms with Gasteiger partial charge in [-0.25, -0.2) is 22.5 Å². The summed E-state index contributed by atoms with van der Waals surface area (Å²) in [5.74, 6) is -0.474. The van der Waals surface area contributed by atoms with E-state index >= 15 is 0 Å². The number of hydrogen-bond donors (Lipinski definition) is 0. The fourth-order valence-corrected chi connectivity index (χ4v) is 3.49. The number of rotatable bonds is 5. The number of carbonyl (C=O) groups excluding carboxylic acids is 1. The molecule has 140 valence electrons. The lowest BCUT2D eigenvalue weighted by atomic mass is 10.1. The molecule has 7 heteroatoms. The monoisotopic (exact) mass is 384 g/mol. The molecule has 1 aliphatic rings. The van der Waals surface area contributed by atoms with Gasteiger partial charge in [0, 0.05) is 19.7 Å². The predicted octanol–water partition coefficient (Wildman–Crippen LogP) is 2.84. The molecule has 0 saturated heterocycles. The molecule has 6 nitrogen and oxygen atoms in total. The molecule has 0 radical (unpaired) electrons. The normalized spacial score (nSPS) is 15.9. The van der Waals surface area contributed by atoms with Crippen molar-refractivity contribution in [1.29, 1.82) is 0 Å². The zero-order valence-electron chi connectivity index (χ0n) is 15.3. The summed E-state index contributed by atoms with van der Waals surface area (Å²) < 4.78 is 30.9. The van der Waals surface area contributed by atoms with Crippen molar-refractivity contribution in [3.8, 4) is 0 Å². The lowest BCUT2D eigenvalue weighted by Crippen LogP contribution is -2.22. The molecule has 1 heterocycles. The van der Waals surface area contributed by atoms with Crippen molar-refractivity contribution in [3.05, 3.63) is 70.9 Å². The lowest BCUT2D eigenvalue weighted by Gasteiger charge is -2.11. The number of ether oxygens (including phenoxy) is 1. The highest BCUT2D eigenvalue weighted by Gasteiger charge is 2.26. The van der Waals surface area contributed by atoms with Gasteiger partial charge in [-0.2, -0.15) is 0 Å². The molecule has 0 fully saturated rings. The molecule has 0 aromatic heterocycles. The molecule has 3 rings (SSSR count). The maximum absolute atomic E-state index is 12.3. The summed E-state index contributed by atoms with van der Waals surface area (Å²) >= 11 is 0. The van der Waals surface area contributed by atoms with E-state index in [1.807, 2.05) is 24.3 Å². The van der Waals surface area contributed by atoms with Crippen LogP contribution in [0.5, 0.6) is 0 Å². The van der Waals surface area contributed by atoms with Crippen LogP contribution in [0, 0.1) is 0 Å². The predicted molar refractivity (Wildman–Crippen MR) is 104 cm³/mol. The summed E-state index contributed by atoms with van der Waals surface area (Å²) in [6.07, 6.45) is 2.59. The molecule has 0 unspecified atom stereocenters. The Morgan fingerprint density at radius 2 is 1.81 bits per heavy atom. The molecule has 0 spiro atoms. The van der Waals surface area contributed by atoms with Crippen molar-refractivity contribution in [1.82, 2.24) is 4.31 Å². The average Bonchev–Trinajstić information content (AvgIpc) is 3.03. The van der Waals surface area contributed by atoms with E-state index < -0.39 is 16.0 Å². The average molecular weight is 384 g/mol. The van der Waals surface area contributed by atoms with Crippen molar-refractivity contribution in [2.75, 3.05) is 14.1 Å². The summed E-state index contributed by atoms with van der Waals surface area (Å²) in [4.78, 5) is 16.5. The number of aliphatic imine (C=N–C) groups is 1. The van der Waals surface area contributed by atoms with Gasteiger partial charge in [-0.1, -0.05) is 37.3 Å². The summed E-state index contributed by atoms with van der Waals surface area (Å²) in [7, 11) is -0.672. The maximum atomic E-state index is 12.3.